The topological polar surface area (TPSA) is 88.3 Å². The van der Waals surface area contributed by atoms with Gasteiger partial charge >= 0.3 is 0 Å². The fraction of sp³-hybridized carbons (Fsp3) is 0.407. The second-order valence-corrected chi connectivity index (χ2v) is 9.56. The number of aromatic amines is 1. The van der Waals surface area contributed by atoms with Crippen LogP contribution in [0.1, 0.15) is 55.1 Å². The number of halogens is 1. The van der Waals surface area contributed by atoms with Gasteiger partial charge in [-0.2, -0.15) is 0 Å². The number of ether oxygens (including phenoxy) is 2. The Labute approximate surface area is 204 Å². The van der Waals surface area contributed by atoms with Gasteiger partial charge in [-0.1, -0.05) is 19.9 Å². The van der Waals surface area contributed by atoms with Crippen molar-refractivity contribution in [3.63, 3.8) is 0 Å². The normalized spacial score (nSPS) is 21.9. The second kappa shape index (κ2) is 9.60. The van der Waals surface area contributed by atoms with Crippen molar-refractivity contribution in [3.05, 3.63) is 53.7 Å². The van der Waals surface area contributed by atoms with Gasteiger partial charge in [-0.3, -0.25) is 9.78 Å². The third-order valence-electron chi connectivity index (χ3n) is 7.43. The maximum atomic E-state index is 14.5. The molecule has 0 saturated carbocycles. The van der Waals surface area contributed by atoms with Crippen LogP contribution in [0, 0.1) is 17.7 Å². The molecule has 1 amide bonds. The molecular formula is C27H31FN4O3. The Kier molecular flexibility index (Phi) is 6.36. The van der Waals surface area contributed by atoms with Crippen molar-refractivity contribution in [2.75, 3.05) is 25.6 Å². The minimum absolute atomic E-state index is 0.0876. The van der Waals surface area contributed by atoms with E-state index in [1.54, 1.807) is 24.5 Å². The lowest BCUT2D eigenvalue weighted by Gasteiger charge is -2.26. The number of anilines is 2. The summed E-state index contributed by atoms with van der Waals surface area (Å²) >= 11 is 0. The van der Waals surface area contributed by atoms with Gasteiger partial charge in [-0.15, -0.1) is 0 Å². The number of pyridine rings is 1. The third kappa shape index (κ3) is 4.33. The second-order valence-electron chi connectivity index (χ2n) is 9.56. The number of H-pyrrole nitrogens is 1. The molecule has 8 heteroatoms. The number of nitrogens with zero attached hydrogens (tertiary/aromatic N) is 1. The van der Waals surface area contributed by atoms with Crippen LogP contribution in [-0.4, -0.2) is 36.1 Å². The van der Waals surface area contributed by atoms with Crippen LogP contribution in [0.3, 0.4) is 0 Å². The first kappa shape index (κ1) is 23.2. The van der Waals surface area contributed by atoms with E-state index in [9.17, 15) is 9.18 Å². The Bertz CT molecular complexity index is 1240. The summed E-state index contributed by atoms with van der Waals surface area (Å²) in [6.07, 6.45) is 6.35. The van der Waals surface area contributed by atoms with E-state index < -0.39 is 5.82 Å². The molecule has 3 aromatic rings. The molecule has 7 nitrogen and oxygen atoms in total. The first-order chi connectivity index (χ1) is 17.0. The van der Waals surface area contributed by atoms with Crippen LogP contribution in [0.15, 0.2) is 36.7 Å². The maximum Gasteiger partial charge on any atom is 0.255 e. The number of methoxy groups -OCH3 is 1. The van der Waals surface area contributed by atoms with E-state index in [4.69, 9.17) is 9.47 Å². The number of carbonyl (C=O) groups is 1. The predicted octanol–water partition coefficient (Wildman–Crippen LogP) is 5.63. The van der Waals surface area contributed by atoms with E-state index in [0.717, 1.165) is 30.5 Å². The van der Waals surface area contributed by atoms with E-state index in [0.29, 0.717) is 53.4 Å². The summed E-state index contributed by atoms with van der Waals surface area (Å²) in [6.45, 7) is 5.71. The van der Waals surface area contributed by atoms with Gasteiger partial charge in [0.15, 0.2) is 11.6 Å². The zero-order valence-electron chi connectivity index (χ0n) is 20.3. The molecule has 0 radical (unpaired) electrons. The molecule has 2 aliphatic heterocycles. The van der Waals surface area contributed by atoms with Gasteiger partial charge in [0.1, 0.15) is 5.75 Å². The number of aromatic nitrogens is 2. The lowest BCUT2D eigenvalue weighted by molar-refractivity contribution is 0.0939. The standard InChI is InChI=1S/C27H31FN4O3/c1-15-7-8-17-13-30-27(33)22-23(17)32-24(18-9-11-29-14-21(18)35-12-10-16(15)2)25(22)31-20-6-4-5-19(28)26(20)34-3/h4-6,9,11,14-17,31-32H,7-8,10,12-13H2,1-3H3,(H,30,33). The highest BCUT2D eigenvalue weighted by molar-refractivity contribution is 6.07. The van der Waals surface area contributed by atoms with Crippen LogP contribution in [-0.2, 0) is 0 Å². The van der Waals surface area contributed by atoms with Gasteiger partial charge in [-0.05, 0) is 49.3 Å². The minimum atomic E-state index is -0.482. The van der Waals surface area contributed by atoms with Crippen molar-refractivity contribution >= 4 is 17.3 Å². The Hall–Kier alpha value is -3.55. The van der Waals surface area contributed by atoms with Gasteiger partial charge < -0.3 is 25.1 Å². The number of fused-ring (bicyclic) bond motifs is 3. The number of carbonyl (C=O) groups excluding carboxylic acids is 1. The van der Waals surface area contributed by atoms with Crippen LogP contribution in [0.5, 0.6) is 11.5 Å². The van der Waals surface area contributed by atoms with Crippen molar-refractivity contribution in [3.8, 4) is 22.8 Å². The van der Waals surface area contributed by atoms with Crippen LogP contribution < -0.4 is 20.1 Å². The van der Waals surface area contributed by atoms with Gasteiger partial charge in [-0.25, -0.2) is 4.39 Å². The van der Waals surface area contributed by atoms with Gasteiger partial charge in [0.2, 0.25) is 0 Å². The summed E-state index contributed by atoms with van der Waals surface area (Å²) in [6, 6.07) is 6.56. The van der Waals surface area contributed by atoms with Gasteiger partial charge in [0, 0.05) is 29.9 Å². The SMILES string of the molecule is COc1c(F)cccc1Nc1c2[nH]c3c1C(=O)NCC3CCC(C)C(C)CCOc1cnccc1-2. The molecule has 3 atom stereocenters. The van der Waals surface area contributed by atoms with E-state index in [2.05, 4.69) is 34.4 Å². The van der Waals surface area contributed by atoms with Crippen LogP contribution >= 0.6 is 0 Å². The van der Waals surface area contributed by atoms with Crippen molar-refractivity contribution in [1.82, 2.24) is 15.3 Å². The molecule has 35 heavy (non-hydrogen) atoms. The maximum absolute atomic E-state index is 14.5. The molecule has 0 aliphatic carbocycles. The van der Waals surface area contributed by atoms with Crippen molar-refractivity contribution < 1.29 is 18.7 Å². The summed E-state index contributed by atoms with van der Waals surface area (Å²) in [7, 11) is 1.43. The number of benzene rings is 1. The minimum Gasteiger partial charge on any atom is -0.492 e. The number of amides is 1. The molecule has 4 heterocycles. The summed E-state index contributed by atoms with van der Waals surface area (Å²) < 4.78 is 26.0. The Morgan fingerprint density at radius 3 is 2.83 bits per heavy atom. The molecule has 0 saturated heterocycles. The number of hydrogen-bond acceptors (Lipinski definition) is 5. The zero-order chi connectivity index (χ0) is 24.5. The van der Waals surface area contributed by atoms with E-state index in [1.807, 2.05) is 6.07 Å². The molecule has 184 valence electrons. The van der Waals surface area contributed by atoms with Crippen LogP contribution in [0.25, 0.3) is 11.3 Å². The number of nitrogens with one attached hydrogen (secondary N) is 3. The Balaban J connectivity index is 1.70. The molecule has 5 rings (SSSR count). The number of rotatable bonds is 3. The van der Waals surface area contributed by atoms with E-state index in [-0.39, 0.29) is 17.6 Å². The van der Waals surface area contributed by atoms with Crippen molar-refractivity contribution in [2.45, 2.75) is 39.0 Å². The van der Waals surface area contributed by atoms with Crippen molar-refractivity contribution in [1.29, 1.82) is 0 Å². The highest BCUT2D eigenvalue weighted by Gasteiger charge is 2.34. The lowest BCUT2D eigenvalue weighted by atomic mass is 9.84. The smallest absolute Gasteiger partial charge is 0.255 e. The Morgan fingerprint density at radius 2 is 2.00 bits per heavy atom. The Morgan fingerprint density at radius 1 is 1.17 bits per heavy atom. The third-order valence-corrected chi connectivity index (χ3v) is 7.43. The first-order valence-electron chi connectivity index (χ1n) is 12.2. The van der Waals surface area contributed by atoms with Crippen LogP contribution in [0.4, 0.5) is 15.8 Å². The molecule has 2 bridgehead atoms. The van der Waals surface area contributed by atoms with E-state index >= 15 is 0 Å². The number of para-hydroxylation sites is 1. The predicted molar refractivity (Wildman–Crippen MR) is 133 cm³/mol. The first-order valence-corrected chi connectivity index (χ1v) is 12.2. The lowest BCUT2D eigenvalue weighted by Crippen LogP contribution is -2.35. The highest BCUT2D eigenvalue weighted by atomic mass is 19.1. The molecule has 2 aliphatic rings. The van der Waals surface area contributed by atoms with Gasteiger partial charge in [0.25, 0.3) is 5.91 Å². The van der Waals surface area contributed by atoms with Crippen LogP contribution in [0.2, 0.25) is 0 Å². The summed E-state index contributed by atoms with van der Waals surface area (Å²) in [5, 5.41) is 6.38. The average molecular weight is 479 g/mol. The quantitative estimate of drug-likeness (QED) is 0.454. The molecule has 1 aromatic carbocycles. The molecule has 3 N–H and O–H groups in total. The van der Waals surface area contributed by atoms with Crippen molar-refractivity contribution in [2.24, 2.45) is 11.8 Å². The monoisotopic (exact) mass is 478 g/mol. The molecule has 3 unspecified atom stereocenters. The molecule has 0 fully saturated rings. The molecular weight excluding hydrogens is 447 g/mol. The summed E-state index contributed by atoms with van der Waals surface area (Å²) in [5.41, 5.74) is 3.94. The highest BCUT2D eigenvalue weighted by Crippen LogP contribution is 2.45. The number of hydrogen-bond donors (Lipinski definition) is 3. The largest absolute Gasteiger partial charge is 0.492 e. The molecule has 2 aromatic heterocycles. The average Bonchev–Trinajstić information content (AvgIpc) is 3.23. The zero-order valence-corrected chi connectivity index (χ0v) is 20.3. The van der Waals surface area contributed by atoms with E-state index in [1.165, 1.54) is 13.2 Å². The fourth-order valence-electron chi connectivity index (χ4n) is 5.08. The molecule has 0 spiro atoms. The summed E-state index contributed by atoms with van der Waals surface area (Å²) in [4.78, 5) is 21.0. The summed E-state index contributed by atoms with van der Waals surface area (Å²) in [5.74, 6) is 1.27. The fourth-order valence-corrected chi connectivity index (χ4v) is 5.08. The van der Waals surface area contributed by atoms with Gasteiger partial charge in [0.05, 0.1) is 42.5 Å².